The molecule has 1 aliphatic carbocycles. The summed E-state index contributed by atoms with van der Waals surface area (Å²) in [6, 6.07) is 0. The second-order valence-electron chi connectivity index (χ2n) is 5.57. The van der Waals surface area contributed by atoms with Gasteiger partial charge in [-0.15, -0.1) is 0 Å². The van der Waals surface area contributed by atoms with Crippen LogP contribution in [0.15, 0.2) is 4.99 Å². The summed E-state index contributed by atoms with van der Waals surface area (Å²) in [5, 5.41) is 5.48. The molecule has 1 heterocycles. The molecule has 1 fully saturated rings. The van der Waals surface area contributed by atoms with Gasteiger partial charge in [0, 0.05) is 11.8 Å². The standard InChI is InChI=1S/C14H26N2S/c1-4-11(5-2)13-9-16-14(17-13)15-8-10(3)12-6-7-12/h10-13H,4-9H2,1-3H3,(H,15,16). The molecule has 0 radical (unpaired) electrons. The lowest BCUT2D eigenvalue weighted by Gasteiger charge is -2.19. The van der Waals surface area contributed by atoms with Crippen molar-refractivity contribution in [2.24, 2.45) is 22.7 Å². The number of hydrogen-bond donors (Lipinski definition) is 1. The molecule has 17 heavy (non-hydrogen) atoms. The molecule has 3 heteroatoms. The Kier molecular flexibility index (Phi) is 4.78. The van der Waals surface area contributed by atoms with Crippen molar-refractivity contribution in [2.45, 2.75) is 51.7 Å². The maximum Gasteiger partial charge on any atom is 0.156 e. The summed E-state index contributed by atoms with van der Waals surface area (Å²) in [6.07, 6.45) is 5.46. The van der Waals surface area contributed by atoms with Gasteiger partial charge in [0.25, 0.3) is 0 Å². The Morgan fingerprint density at radius 3 is 2.65 bits per heavy atom. The minimum atomic E-state index is 0.726. The van der Waals surface area contributed by atoms with Crippen molar-refractivity contribution in [3.8, 4) is 0 Å². The number of nitrogens with one attached hydrogen (secondary N) is 1. The summed E-state index contributed by atoms with van der Waals surface area (Å²) >= 11 is 1.98. The van der Waals surface area contributed by atoms with Crippen LogP contribution in [0.4, 0.5) is 0 Å². The first-order chi connectivity index (χ1) is 8.24. The van der Waals surface area contributed by atoms with Crippen LogP contribution in [0.25, 0.3) is 0 Å². The van der Waals surface area contributed by atoms with Crippen molar-refractivity contribution in [1.29, 1.82) is 0 Å². The lowest BCUT2D eigenvalue weighted by atomic mass is 9.99. The molecular weight excluding hydrogens is 228 g/mol. The van der Waals surface area contributed by atoms with Crippen molar-refractivity contribution in [2.75, 3.05) is 13.1 Å². The van der Waals surface area contributed by atoms with Gasteiger partial charge in [-0.05, 0) is 30.6 Å². The van der Waals surface area contributed by atoms with Crippen LogP contribution in [0.5, 0.6) is 0 Å². The van der Waals surface area contributed by atoms with E-state index in [1.54, 1.807) is 0 Å². The zero-order valence-electron chi connectivity index (χ0n) is 11.4. The molecule has 1 saturated carbocycles. The highest BCUT2D eigenvalue weighted by molar-refractivity contribution is 8.14. The van der Waals surface area contributed by atoms with Crippen LogP contribution in [0.1, 0.15) is 46.5 Å². The molecule has 2 atom stereocenters. The largest absolute Gasteiger partial charge is 0.365 e. The lowest BCUT2D eigenvalue weighted by Crippen LogP contribution is -2.27. The Hall–Kier alpha value is -0.180. The molecule has 0 amide bonds. The van der Waals surface area contributed by atoms with E-state index in [-0.39, 0.29) is 0 Å². The van der Waals surface area contributed by atoms with Crippen LogP contribution < -0.4 is 5.32 Å². The second kappa shape index (κ2) is 6.12. The fourth-order valence-electron chi connectivity index (χ4n) is 2.63. The summed E-state index contributed by atoms with van der Waals surface area (Å²) in [5.41, 5.74) is 0. The van der Waals surface area contributed by atoms with Crippen LogP contribution >= 0.6 is 11.8 Å². The van der Waals surface area contributed by atoms with Crippen LogP contribution in [-0.4, -0.2) is 23.5 Å². The highest BCUT2D eigenvalue weighted by Gasteiger charge is 2.29. The molecule has 0 aromatic carbocycles. The molecule has 2 nitrogen and oxygen atoms in total. The molecule has 2 unspecified atom stereocenters. The van der Waals surface area contributed by atoms with E-state index in [0.29, 0.717) is 0 Å². The van der Waals surface area contributed by atoms with Gasteiger partial charge in [-0.25, -0.2) is 0 Å². The number of aliphatic imine (C=N–C) groups is 1. The molecule has 1 N–H and O–H groups in total. The number of amidine groups is 1. The van der Waals surface area contributed by atoms with Crippen molar-refractivity contribution in [3.63, 3.8) is 0 Å². The van der Waals surface area contributed by atoms with Gasteiger partial charge in [0.15, 0.2) is 5.17 Å². The van der Waals surface area contributed by atoms with Gasteiger partial charge >= 0.3 is 0 Å². The van der Waals surface area contributed by atoms with E-state index < -0.39 is 0 Å². The molecule has 0 saturated heterocycles. The smallest absolute Gasteiger partial charge is 0.156 e. The van der Waals surface area contributed by atoms with Gasteiger partial charge in [0.2, 0.25) is 0 Å². The summed E-state index contributed by atoms with van der Waals surface area (Å²) < 4.78 is 0. The van der Waals surface area contributed by atoms with E-state index in [1.807, 2.05) is 11.8 Å². The van der Waals surface area contributed by atoms with E-state index in [4.69, 9.17) is 0 Å². The first-order valence-electron chi connectivity index (χ1n) is 7.19. The monoisotopic (exact) mass is 254 g/mol. The summed E-state index contributed by atoms with van der Waals surface area (Å²) in [4.78, 5) is 4.65. The first-order valence-corrected chi connectivity index (χ1v) is 8.07. The van der Waals surface area contributed by atoms with Crippen LogP contribution in [-0.2, 0) is 0 Å². The Bertz CT molecular complexity index is 269. The minimum Gasteiger partial charge on any atom is -0.365 e. The molecule has 0 spiro atoms. The SMILES string of the molecule is CCC(CC)C1CN=C(NCC(C)C2CC2)S1. The maximum atomic E-state index is 4.65. The van der Waals surface area contributed by atoms with Gasteiger partial charge < -0.3 is 5.32 Å². The van der Waals surface area contributed by atoms with Crippen molar-refractivity contribution in [1.82, 2.24) is 5.32 Å². The molecule has 2 rings (SSSR count). The summed E-state index contributed by atoms with van der Waals surface area (Å²) in [6.45, 7) is 9.11. The molecular formula is C14H26N2S. The number of nitrogens with zero attached hydrogens (tertiary/aromatic N) is 1. The summed E-state index contributed by atoms with van der Waals surface area (Å²) in [7, 11) is 0. The predicted molar refractivity (Wildman–Crippen MR) is 77.6 cm³/mol. The lowest BCUT2D eigenvalue weighted by molar-refractivity contribution is 0.479. The van der Waals surface area contributed by atoms with Crippen molar-refractivity contribution in [3.05, 3.63) is 0 Å². The normalized spacial score (nSPS) is 26.1. The molecule has 98 valence electrons. The molecule has 0 aromatic rings. The Morgan fingerprint density at radius 2 is 2.06 bits per heavy atom. The highest BCUT2D eigenvalue weighted by Crippen LogP contribution is 2.36. The second-order valence-corrected chi connectivity index (χ2v) is 6.80. The van der Waals surface area contributed by atoms with E-state index in [1.165, 1.54) is 30.9 Å². The summed E-state index contributed by atoms with van der Waals surface area (Å²) in [5.74, 6) is 2.65. The number of rotatable bonds is 6. The fourth-order valence-corrected chi connectivity index (χ4v) is 3.96. The predicted octanol–water partition coefficient (Wildman–Crippen LogP) is 3.53. The van der Waals surface area contributed by atoms with E-state index in [2.05, 4.69) is 31.1 Å². The molecule has 1 aliphatic heterocycles. The molecule has 0 aromatic heterocycles. The zero-order chi connectivity index (χ0) is 12.3. The highest BCUT2D eigenvalue weighted by atomic mass is 32.2. The maximum absolute atomic E-state index is 4.65. The van der Waals surface area contributed by atoms with Crippen LogP contribution in [0.3, 0.4) is 0 Å². The third-order valence-electron chi connectivity index (χ3n) is 4.25. The van der Waals surface area contributed by atoms with Gasteiger partial charge in [-0.2, -0.15) is 0 Å². The fraction of sp³-hybridized carbons (Fsp3) is 0.929. The van der Waals surface area contributed by atoms with E-state index in [0.717, 1.165) is 36.1 Å². The average molecular weight is 254 g/mol. The average Bonchev–Trinajstić information content (AvgIpc) is 3.09. The van der Waals surface area contributed by atoms with E-state index >= 15 is 0 Å². The third-order valence-corrected chi connectivity index (χ3v) is 5.59. The number of hydrogen-bond acceptors (Lipinski definition) is 3. The Balaban J connectivity index is 1.69. The van der Waals surface area contributed by atoms with Crippen LogP contribution in [0.2, 0.25) is 0 Å². The first kappa shape index (κ1) is 13.3. The Morgan fingerprint density at radius 1 is 1.35 bits per heavy atom. The van der Waals surface area contributed by atoms with Crippen molar-refractivity contribution >= 4 is 16.9 Å². The minimum absolute atomic E-state index is 0.726. The third kappa shape index (κ3) is 3.64. The van der Waals surface area contributed by atoms with Gasteiger partial charge in [-0.3, -0.25) is 4.99 Å². The van der Waals surface area contributed by atoms with Gasteiger partial charge in [0.1, 0.15) is 0 Å². The molecule has 2 aliphatic rings. The molecule has 0 bridgehead atoms. The van der Waals surface area contributed by atoms with Crippen LogP contribution in [0, 0.1) is 17.8 Å². The topological polar surface area (TPSA) is 24.4 Å². The Labute approximate surface area is 110 Å². The quantitative estimate of drug-likeness (QED) is 0.784. The van der Waals surface area contributed by atoms with Gasteiger partial charge in [0.05, 0.1) is 6.54 Å². The van der Waals surface area contributed by atoms with Crippen molar-refractivity contribution < 1.29 is 0 Å². The number of thioether (sulfide) groups is 1. The van der Waals surface area contributed by atoms with Gasteiger partial charge in [-0.1, -0.05) is 45.4 Å². The zero-order valence-corrected chi connectivity index (χ0v) is 12.2. The van der Waals surface area contributed by atoms with E-state index in [9.17, 15) is 0 Å².